The maximum Gasteiger partial charge on any atom is 0.269 e. The van der Waals surface area contributed by atoms with Gasteiger partial charge in [0.15, 0.2) is 0 Å². The molecular formula is C20H14N8O4S2. The van der Waals surface area contributed by atoms with Crippen LogP contribution in [0.3, 0.4) is 0 Å². The van der Waals surface area contributed by atoms with E-state index in [1.54, 1.807) is 38.4 Å². The maximum absolute atomic E-state index is 10.8. The van der Waals surface area contributed by atoms with Crippen LogP contribution in [0.5, 0.6) is 0 Å². The number of azo groups is 2. The van der Waals surface area contributed by atoms with Crippen LogP contribution in [-0.2, 0) is 0 Å². The number of aryl methyl sites for hydroxylation is 2. The van der Waals surface area contributed by atoms with Gasteiger partial charge >= 0.3 is 0 Å². The van der Waals surface area contributed by atoms with Gasteiger partial charge in [0, 0.05) is 36.7 Å². The van der Waals surface area contributed by atoms with Gasteiger partial charge in [-0.05, 0) is 37.1 Å². The van der Waals surface area contributed by atoms with Gasteiger partial charge in [-0.25, -0.2) is 9.97 Å². The number of nitro benzene ring substituents is 2. The third-order valence-electron chi connectivity index (χ3n) is 4.50. The number of nitrogens with zero attached hydrogens (tertiary/aromatic N) is 8. The van der Waals surface area contributed by atoms with Crippen molar-refractivity contribution in [1.82, 2.24) is 9.97 Å². The van der Waals surface area contributed by atoms with Gasteiger partial charge in [0.05, 0.1) is 31.0 Å². The van der Waals surface area contributed by atoms with E-state index in [2.05, 4.69) is 30.4 Å². The summed E-state index contributed by atoms with van der Waals surface area (Å²) in [4.78, 5) is 30.9. The summed E-state index contributed by atoms with van der Waals surface area (Å²) in [7, 11) is 0. The van der Waals surface area contributed by atoms with E-state index in [1.165, 1.54) is 46.9 Å². The number of nitro groups is 2. The van der Waals surface area contributed by atoms with Crippen LogP contribution in [0.4, 0.5) is 33.0 Å². The van der Waals surface area contributed by atoms with E-state index in [-0.39, 0.29) is 11.4 Å². The molecule has 0 bridgehead atoms. The first-order valence-corrected chi connectivity index (χ1v) is 11.2. The highest BCUT2D eigenvalue weighted by molar-refractivity contribution is 7.25. The highest BCUT2D eigenvalue weighted by atomic mass is 32.1. The van der Waals surface area contributed by atoms with Crippen molar-refractivity contribution >= 4 is 55.7 Å². The molecule has 0 spiro atoms. The quantitative estimate of drug-likeness (QED) is 0.146. The molecule has 0 atom stereocenters. The lowest BCUT2D eigenvalue weighted by Gasteiger charge is -1.97. The second-order valence-corrected chi connectivity index (χ2v) is 8.89. The molecule has 0 aliphatic rings. The van der Waals surface area contributed by atoms with Gasteiger partial charge in [-0.15, -0.1) is 20.5 Å². The summed E-state index contributed by atoms with van der Waals surface area (Å²) in [6.45, 7) is 3.44. The summed E-state index contributed by atoms with van der Waals surface area (Å²) in [6, 6.07) is 8.71. The molecule has 0 saturated carbocycles. The zero-order chi connectivity index (χ0) is 24.2. The van der Waals surface area contributed by atoms with E-state index in [4.69, 9.17) is 0 Å². The molecule has 2 heterocycles. The monoisotopic (exact) mass is 494 g/mol. The molecule has 2 aromatic carbocycles. The van der Waals surface area contributed by atoms with Crippen molar-refractivity contribution in [3.05, 3.63) is 80.1 Å². The molecule has 0 fully saturated rings. The van der Waals surface area contributed by atoms with Gasteiger partial charge in [0.25, 0.3) is 11.4 Å². The molecule has 0 amide bonds. The predicted octanol–water partition coefficient (Wildman–Crippen LogP) is 7.53. The summed E-state index contributed by atoms with van der Waals surface area (Å²) in [5.74, 6) is 0. The molecule has 0 aliphatic heterocycles. The van der Waals surface area contributed by atoms with Crippen LogP contribution in [0, 0.1) is 34.1 Å². The minimum atomic E-state index is -0.461. The van der Waals surface area contributed by atoms with Crippen LogP contribution in [0.15, 0.2) is 69.2 Å². The molecule has 34 heavy (non-hydrogen) atoms. The fraction of sp³-hybridized carbons (Fsp3) is 0.100. The third-order valence-corrected chi connectivity index (χ3v) is 6.46. The topological polar surface area (TPSA) is 162 Å². The van der Waals surface area contributed by atoms with E-state index >= 15 is 0 Å². The highest BCUT2D eigenvalue weighted by Gasteiger charge is 2.11. The average Bonchev–Trinajstić information content (AvgIpc) is 3.46. The molecule has 2 aromatic heterocycles. The zero-order valence-electron chi connectivity index (χ0n) is 17.6. The molecule has 12 nitrogen and oxygen atoms in total. The molecule has 4 rings (SSSR count). The summed E-state index contributed by atoms with van der Waals surface area (Å²) < 4.78 is 0. The SMILES string of the molecule is Cc1cc([N+](=O)[O-])ccc1N=Nc1ncc(-c2cnc(N=Nc3ccc([N+](=O)[O-])cc3C)s2)s1. The van der Waals surface area contributed by atoms with Crippen LogP contribution >= 0.6 is 22.7 Å². The normalized spacial score (nSPS) is 11.5. The lowest BCUT2D eigenvalue weighted by molar-refractivity contribution is -0.385. The Bertz CT molecular complexity index is 1350. The number of benzene rings is 2. The number of thiazole rings is 2. The van der Waals surface area contributed by atoms with Gasteiger partial charge in [0.1, 0.15) is 0 Å². The third kappa shape index (κ3) is 5.19. The lowest BCUT2D eigenvalue weighted by Crippen LogP contribution is -1.87. The number of hydrogen-bond donors (Lipinski definition) is 0. The Kier molecular flexibility index (Phi) is 6.51. The van der Waals surface area contributed by atoms with E-state index in [9.17, 15) is 20.2 Å². The van der Waals surface area contributed by atoms with Crippen LogP contribution in [0.2, 0.25) is 0 Å². The Hall–Kier alpha value is -4.30. The van der Waals surface area contributed by atoms with E-state index < -0.39 is 9.85 Å². The molecule has 0 saturated heterocycles. The highest BCUT2D eigenvalue weighted by Crippen LogP contribution is 2.38. The van der Waals surface area contributed by atoms with Crippen molar-refractivity contribution in [1.29, 1.82) is 0 Å². The maximum atomic E-state index is 10.8. The van der Waals surface area contributed by atoms with Crippen molar-refractivity contribution in [2.45, 2.75) is 13.8 Å². The van der Waals surface area contributed by atoms with Crippen LogP contribution in [0.25, 0.3) is 9.75 Å². The first-order chi connectivity index (χ1) is 16.3. The Labute approximate surface area is 199 Å². The van der Waals surface area contributed by atoms with Crippen LogP contribution in [-0.4, -0.2) is 19.8 Å². The summed E-state index contributed by atoms with van der Waals surface area (Å²) in [5.41, 5.74) is 2.30. The molecule has 0 radical (unpaired) electrons. The molecule has 4 aromatic rings. The zero-order valence-corrected chi connectivity index (χ0v) is 19.3. The minimum absolute atomic E-state index is 0.00475. The van der Waals surface area contributed by atoms with Gasteiger partial charge < -0.3 is 0 Å². The van der Waals surface area contributed by atoms with Crippen molar-refractivity contribution in [3.63, 3.8) is 0 Å². The number of hydrogen-bond acceptors (Lipinski definition) is 12. The van der Waals surface area contributed by atoms with Gasteiger partial charge in [-0.1, -0.05) is 22.7 Å². The number of aromatic nitrogens is 2. The van der Waals surface area contributed by atoms with Crippen LogP contribution in [0.1, 0.15) is 11.1 Å². The molecule has 0 aliphatic carbocycles. The molecule has 0 unspecified atom stereocenters. The largest absolute Gasteiger partial charge is 0.269 e. The molecular weight excluding hydrogens is 480 g/mol. The first kappa shape index (κ1) is 22.9. The Morgan fingerprint density at radius 1 is 0.706 bits per heavy atom. The minimum Gasteiger partial charge on any atom is -0.258 e. The Morgan fingerprint density at radius 3 is 1.47 bits per heavy atom. The van der Waals surface area contributed by atoms with E-state index in [1.807, 2.05) is 0 Å². The average molecular weight is 495 g/mol. The first-order valence-electron chi connectivity index (χ1n) is 9.56. The van der Waals surface area contributed by atoms with Crippen molar-refractivity contribution in [2.75, 3.05) is 0 Å². The fourth-order valence-electron chi connectivity index (χ4n) is 2.77. The van der Waals surface area contributed by atoms with Gasteiger partial charge in [0.2, 0.25) is 10.3 Å². The summed E-state index contributed by atoms with van der Waals surface area (Å²) in [6.07, 6.45) is 3.30. The Balaban J connectivity index is 1.46. The summed E-state index contributed by atoms with van der Waals surface area (Å²) in [5, 5.41) is 39.1. The molecule has 0 N–H and O–H groups in total. The second kappa shape index (κ2) is 9.68. The molecule has 170 valence electrons. The van der Waals surface area contributed by atoms with Crippen LogP contribution < -0.4 is 0 Å². The fourth-order valence-corrected chi connectivity index (χ4v) is 4.31. The standard InChI is InChI=1S/C20H14N8O4S2/c1-11-7-13(27(29)30)3-5-15(11)23-25-19-21-9-17(33-19)18-10-22-20(34-18)26-24-16-6-4-14(28(31)32)8-12(16)2/h3-10H,1-2H3. The van der Waals surface area contributed by atoms with Crippen molar-refractivity contribution < 1.29 is 9.85 Å². The Morgan fingerprint density at radius 2 is 1.12 bits per heavy atom. The second-order valence-electron chi connectivity index (χ2n) is 6.87. The van der Waals surface area contributed by atoms with Crippen molar-refractivity contribution in [2.24, 2.45) is 20.5 Å². The summed E-state index contributed by atoms with van der Waals surface area (Å²) >= 11 is 2.62. The number of non-ortho nitro benzene ring substituents is 2. The predicted molar refractivity (Wildman–Crippen MR) is 127 cm³/mol. The van der Waals surface area contributed by atoms with E-state index in [0.29, 0.717) is 32.8 Å². The van der Waals surface area contributed by atoms with Gasteiger partial charge in [-0.3, -0.25) is 20.2 Å². The van der Waals surface area contributed by atoms with Gasteiger partial charge in [-0.2, -0.15) is 0 Å². The lowest BCUT2D eigenvalue weighted by atomic mass is 10.2. The van der Waals surface area contributed by atoms with Crippen molar-refractivity contribution in [3.8, 4) is 9.75 Å². The van der Waals surface area contributed by atoms with E-state index in [0.717, 1.165) is 9.75 Å². The smallest absolute Gasteiger partial charge is 0.258 e. The molecule has 14 heteroatoms. The number of rotatable bonds is 7.